The molecular weight excluding hydrogens is 498 g/mol. The summed E-state index contributed by atoms with van der Waals surface area (Å²) >= 11 is 18.8. The van der Waals surface area contributed by atoms with Gasteiger partial charge < -0.3 is 15.2 Å². The van der Waals surface area contributed by atoms with Crippen molar-refractivity contribution in [3.8, 4) is 11.4 Å². The van der Waals surface area contributed by atoms with Crippen molar-refractivity contribution in [2.75, 3.05) is 18.4 Å². The van der Waals surface area contributed by atoms with Crippen LogP contribution in [-0.4, -0.2) is 32.6 Å². The molecule has 2 aromatic carbocycles. The lowest BCUT2D eigenvalue weighted by Gasteiger charge is -2.12. The molecule has 0 saturated heterocycles. The van der Waals surface area contributed by atoms with Crippen LogP contribution in [0.3, 0.4) is 0 Å². The van der Waals surface area contributed by atoms with E-state index in [-0.39, 0.29) is 12.4 Å². The van der Waals surface area contributed by atoms with Gasteiger partial charge in [-0.1, -0.05) is 53.9 Å². The second-order valence-corrected chi connectivity index (χ2v) is 9.03. The van der Waals surface area contributed by atoms with Gasteiger partial charge in [-0.3, -0.25) is 0 Å². The van der Waals surface area contributed by atoms with E-state index in [1.165, 1.54) is 6.07 Å². The Morgan fingerprint density at radius 2 is 1.82 bits per heavy atom. The number of benzene rings is 2. The molecule has 0 saturated carbocycles. The quantitative estimate of drug-likeness (QED) is 0.230. The average Bonchev–Trinajstić information content (AvgIpc) is 3.15. The Morgan fingerprint density at radius 3 is 2.56 bits per heavy atom. The topological polar surface area (TPSA) is 67.7 Å². The fourth-order valence-electron chi connectivity index (χ4n) is 3.62. The summed E-state index contributed by atoms with van der Waals surface area (Å²) in [5.74, 6) is 0.613. The molecule has 0 spiro atoms. The number of imidazole rings is 1. The highest BCUT2D eigenvalue weighted by molar-refractivity contribution is 6.39. The van der Waals surface area contributed by atoms with E-state index in [9.17, 15) is 4.39 Å². The van der Waals surface area contributed by atoms with Gasteiger partial charge in [0.2, 0.25) is 5.95 Å². The van der Waals surface area contributed by atoms with Crippen LogP contribution in [0.25, 0.3) is 22.6 Å². The maximum Gasteiger partial charge on any atom is 0.225 e. The summed E-state index contributed by atoms with van der Waals surface area (Å²) < 4.78 is 16.2. The molecule has 0 unspecified atom stereocenters. The van der Waals surface area contributed by atoms with Gasteiger partial charge >= 0.3 is 0 Å². The lowest BCUT2D eigenvalue weighted by atomic mass is 10.2. The van der Waals surface area contributed by atoms with Crippen LogP contribution in [0.1, 0.15) is 25.3 Å². The largest absolute Gasteiger partial charge is 0.350 e. The first-order valence-electron chi connectivity index (χ1n) is 11.0. The lowest BCUT2D eigenvalue weighted by Crippen LogP contribution is -2.18. The molecule has 10 heteroatoms. The van der Waals surface area contributed by atoms with Crippen LogP contribution in [0.4, 0.5) is 10.3 Å². The molecule has 0 aliphatic carbocycles. The number of fused-ring (bicyclic) bond motifs is 1. The minimum absolute atomic E-state index is 0.215. The molecule has 2 N–H and O–H groups in total. The first-order valence-corrected chi connectivity index (χ1v) is 12.2. The first kappa shape index (κ1) is 24.7. The van der Waals surface area contributed by atoms with Gasteiger partial charge in [0.25, 0.3) is 0 Å². The maximum atomic E-state index is 14.2. The molecule has 0 radical (unpaired) electrons. The monoisotopic (exact) mass is 520 g/mol. The summed E-state index contributed by atoms with van der Waals surface area (Å²) in [6.45, 7) is 4.83. The third kappa shape index (κ3) is 5.61. The van der Waals surface area contributed by atoms with Crippen LogP contribution in [0.5, 0.6) is 0 Å². The Labute approximate surface area is 212 Å². The van der Waals surface area contributed by atoms with Crippen LogP contribution in [0.15, 0.2) is 42.6 Å². The molecule has 0 aliphatic rings. The maximum absolute atomic E-state index is 14.2. The third-order valence-corrected chi connectivity index (χ3v) is 6.15. The molecule has 4 rings (SSSR count). The number of nitrogens with zero attached hydrogens (tertiary/aromatic N) is 4. The number of nitrogens with one attached hydrogen (secondary N) is 2. The van der Waals surface area contributed by atoms with Crippen molar-refractivity contribution in [3.63, 3.8) is 0 Å². The average molecular weight is 522 g/mol. The predicted molar refractivity (Wildman–Crippen MR) is 137 cm³/mol. The molecule has 0 fully saturated rings. The zero-order valence-electron chi connectivity index (χ0n) is 18.6. The molecule has 2 aromatic heterocycles. The van der Waals surface area contributed by atoms with Crippen molar-refractivity contribution >= 4 is 51.9 Å². The van der Waals surface area contributed by atoms with Crippen molar-refractivity contribution in [3.05, 3.63) is 69.0 Å². The van der Waals surface area contributed by atoms with Gasteiger partial charge in [-0.2, -0.15) is 4.98 Å². The molecule has 2 heterocycles. The molecule has 6 nitrogen and oxygen atoms in total. The molecule has 4 aromatic rings. The number of hydrogen-bond acceptors (Lipinski definition) is 5. The highest BCUT2D eigenvalue weighted by atomic mass is 35.5. The first-order chi connectivity index (χ1) is 16.5. The molecule has 0 atom stereocenters. The molecular formula is C24H24Cl3FN6. The molecule has 0 aliphatic heterocycles. The fraction of sp³-hybridized carbons (Fsp3) is 0.292. The Kier molecular flexibility index (Phi) is 8.21. The SMILES string of the molecule is CCCNCCCn1c(-c2c(Cl)cccc2Cl)nc2cnc(NCc3ccc(Cl)cc3F)nc21. The molecule has 0 bridgehead atoms. The minimum atomic E-state index is -0.388. The van der Waals surface area contributed by atoms with Crippen LogP contribution < -0.4 is 10.6 Å². The lowest BCUT2D eigenvalue weighted by molar-refractivity contribution is 0.586. The summed E-state index contributed by atoms with van der Waals surface area (Å²) in [5.41, 5.74) is 2.39. The standard InChI is InChI=1S/C24H24Cl3FN6/c1-2-9-29-10-4-11-34-22-20(32-23(34)21-17(26)5-3-6-18(21)27)14-31-24(33-22)30-13-15-7-8-16(25)12-19(15)28/h3,5-8,12,14,29H,2,4,9-11,13H2,1H3,(H,30,31,33). The molecule has 0 amide bonds. The highest BCUT2D eigenvalue weighted by Crippen LogP contribution is 2.35. The van der Waals surface area contributed by atoms with Crippen LogP contribution >= 0.6 is 34.8 Å². The van der Waals surface area contributed by atoms with Gasteiger partial charge in [-0.05, 0) is 50.2 Å². The zero-order valence-corrected chi connectivity index (χ0v) is 20.9. The Balaban J connectivity index is 1.67. The van der Waals surface area contributed by atoms with Crippen molar-refractivity contribution in [1.82, 2.24) is 24.8 Å². The minimum Gasteiger partial charge on any atom is -0.350 e. The smallest absolute Gasteiger partial charge is 0.225 e. The summed E-state index contributed by atoms with van der Waals surface area (Å²) in [5, 5.41) is 7.87. The number of hydrogen-bond donors (Lipinski definition) is 2. The Bertz CT molecular complexity index is 1270. The summed E-state index contributed by atoms with van der Waals surface area (Å²) in [6.07, 6.45) is 3.58. The van der Waals surface area contributed by atoms with E-state index in [0.29, 0.717) is 55.7 Å². The fourth-order valence-corrected chi connectivity index (χ4v) is 4.35. The van der Waals surface area contributed by atoms with Gasteiger partial charge in [-0.15, -0.1) is 0 Å². The van der Waals surface area contributed by atoms with E-state index in [1.807, 2.05) is 4.57 Å². The summed E-state index contributed by atoms with van der Waals surface area (Å²) in [6, 6.07) is 9.93. The Morgan fingerprint density at radius 1 is 1.03 bits per heavy atom. The van der Waals surface area contributed by atoms with Gasteiger partial charge in [-0.25, -0.2) is 14.4 Å². The van der Waals surface area contributed by atoms with Crippen molar-refractivity contribution < 1.29 is 4.39 Å². The van der Waals surface area contributed by atoms with Crippen LogP contribution in [-0.2, 0) is 13.1 Å². The van der Waals surface area contributed by atoms with Gasteiger partial charge in [0.1, 0.15) is 17.2 Å². The van der Waals surface area contributed by atoms with E-state index < -0.39 is 0 Å². The van der Waals surface area contributed by atoms with Crippen LogP contribution in [0, 0.1) is 5.82 Å². The van der Waals surface area contributed by atoms with Crippen molar-refractivity contribution in [2.45, 2.75) is 32.9 Å². The highest BCUT2D eigenvalue weighted by Gasteiger charge is 2.19. The van der Waals surface area contributed by atoms with Crippen molar-refractivity contribution in [1.29, 1.82) is 0 Å². The molecule has 34 heavy (non-hydrogen) atoms. The van der Waals surface area contributed by atoms with Crippen molar-refractivity contribution in [2.24, 2.45) is 0 Å². The third-order valence-electron chi connectivity index (χ3n) is 5.29. The Hall–Kier alpha value is -2.45. The summed E-state index contributed by atoms with van der Waals surface area (Å²) in [7, 11) is 0. The number of rotatable bonds is 10. The van der Waals surface area contributed by atoms with Gasteiger partial charge in [0.05, 0.1) is 21.8 Å². The predicted octanol–water partition coefficient (Wildman–Crippen LogP) is 6.59. The van der Waals surface area contributed by atoms with E-state index in [0.717, 1.165) is 25.9 Å². The van der Waals surface area contributed by atoms with E-state index >= 15 is 0 Å². The van der Waals surface area contributed by atoms with E-state index in [1.54, 1.807) is 36.5 Å². The number of halogens is 4. The normalized spacial score (nSPS) is 11.3. The zero-order chi connectivity index (χ0) is 24.1. The second kappa shape index (κ2) is 11.3. The summed E-state index contributed by atoms with van der Waals surface area (Å²) in [4.78, 5) is 13.8. The molecule has 178 valence electrons. The van der Waals surface area contributed by atoms with Crippen LogP contribution in [0.2, 0.25) is 15.1 Å². The second-order valence-electron chi connectivity index (χ2n) is 7.78. The number of aryl methyl sites for hydroxylation is 1. The van der Waals surface area contributed by atoms with E-state index in [4.69, 9.17) is 39.8 Å². The van der Waals surface area contributed by atoms with Gasteiger partial charge in [0, 0.05) is 23.7 Å². The van der Waals surface area contributed by atoms with Gasteiger partial charge in [0.15, 0.2) is 5.65 Å². The number of anilines is 1. The van der Waals surface area contributed by atoms with E-state index in [2.05, 4.69) is 27.5 Å². The number of aromatic nitrogens is 4.